The van der Waals surface area contributed by atoms with Crippen LogP contribution < -0.4 is 5.32 Å². The molecule has 2 rings (SSSR count). The second kappa shape index (κ2) is 5.67. The van der Waals surface area contributed by atoms with Crippen LogP contribution in [0.5, 0.6) is 0 Å². The van der Waals surface area contributed by atoms with Crippen molar-refractivity contribution in [2.75, 3.05) is 7.05 Å². The molecular formula is C17H26ClNO. The summed E-state index contributed by atoms with van der Waals surface area (Å²) in [5, 5.41) is 4.33. The van der Waals surface area contributed by atoms with Crippen LogP contribution in [0.15, 0.2) is 24.3 Å². The number of likely N-dealkylation sites (N-methyl/N-ethyl adjacent to an activating group) is 1. The van der Waals surface area contributed by atoms with Crippen LogP contribution in [0, 0.1) is 5.92 Å². The highest BCUT2D eigenvalue weighted by molar-refractivity contribution is 6.31. The van der Waals surface area contributed by atoms with Gasteiger partial charge in [-0.05, 0) is 59.2 Å². The van der Waals surface area contributed by atoms with Crippen LogP contribution in [-0.4, -0.2) is 24.3 Å². The fourth-order valence-corrected chi connectivity index (χ4v) is 3.79. The normalized spacial score (nSPS) is 25.6. The van der Waals surface area contributed by atoms with Gasteiger partial charge >= 0.3 is 0 Å². The van der Waals surface area contributed by atoms with Gasteiger partial charge in [-0.3, -0.25) is 0 Å². The van der Waals surface area contributed by atoms with Crippen LogP contribution in [0.25, 0.3) is 0 Å². The lowest BCUT2D eigenvalue weighted by Crippen LogP contribution is -2.44. The Hall–Kier alpha value is -0.570. The zero-order chi connectivity index (χ0) is 15.0. The van der Waals surface area contributed by atoms with E-state index in [0.717, 1.165) is 17.9 Å². The Morgan fingerprint density at radius 2 is 1.95 bits per heavy atom. The minimum absolute atomic E-state index is 0.0518. The van der Waals surface area contributed by atoms with E-state index in [1.165, 1.54) is 5.56 Å². The number of halogens is 1. The average Bonchev–Trinajstić information content (AvgIpc) is 2.56. The Balaban J connectivity index is 2.19. The van der Waals surface area contributed by atoms with Crippen LogP contribution in [0.4, 0.5) is 0 Å². The number of nitrogens with one attached hydrogen (secondary N) is 1. The Labute approximate surface area is 127 Å². The van der Waals surface area contributed by atoms with Crippen molar-refractivity contribution in [3.8, 4) is 0 Å². The quantitative estimate of drug-likeness (QED) is 0.904. The predicted molar refractivity (Wildman–Crippen MR) is 85.4 cm³/mol. The van der Waals surface area contributed by atoms with Gasteiger partial charge in [-0.1, -0.05) is 29.8 Å². The highest BCUT2D eigenvalue weighted by Crippen LogP contribution is 2.44. The minimum atomic E-state index is -0.113. The zero-order valence-corrected chi connectivity index (χ0v) is 13.9. The van der Waals surface area contributed by atoms with Gasteiger partial charge < -0.3 is 10.1 Å². The van der Waals surface area contributed by atoms with E-state index in [9.17, 15) is 0 Å². The summed E-state index contributed by atoms with van der Waals surface area (Å²) in [5.74, 6) is 0.471. The van der Waals surface area contributed by atoms with Crippen molar-refractivity contribution in [2.24, 2.45) is 5.92 Å². The van der Waals surface area contributed by atoms with Gasteiger partial charge in [-0.15, -0.1) is 0 Å². The van der Waals surface area contributed by atoms with E-state index < -0.39 is 0 Å². The predicted octanol–water partition coefficient (Wildman–Crippen LogP) is 4.06. The molecule has 0 aromatic heterocycles. The summed E-state index contributed by atoms with van der Waals surface area (Å²) >= 11 is 6.30. The summed E-state index contributed by atoms with van der Waals surface area (Å²) in [6.07, 6.45) is 2.00. The van der Waals surface area contributed by atoms with Crippen molar-refractivity contribution in [2.45, 2.75) is 57.8 Å². The number of benzene rings is 1. The Morgan fingerprint density at radius 1 is 1.30 bits per heavy atom. The van der Waals surface area contributed by atoms with E-state index in [-0.39, 0.29) is 11.2 Å². The van der Waals surface area contributed by atoms with Crippen LogP contribution in [-0.2, 0) is 11.2 Å². The first kappa shape index (κ1) is 15.8. The molecule has 1 aliphatic heterocycles. The van der Waals surface area contributed by atoms with Crippen LogP contribution in [0.3, 0.4) is 0 Å². The fraction of sp³-hybridized carbons (Fsp3) is 0.647. The molecule has 2 unspecified atom stereocenters. The molecule has 1 aliphatic rings. The lowest BCUT2D eigenvalue weighted by Gasteiger charge is -2.33. The first-order chi connectivity index (χ1) is 9.25. The van der Waals surface area contributed by atoms with Crippen molar-refractivity contribution in [1.29, 1.82) is 0 Å². The smallest absolute Gasteiger partial charge is 0.0677 e. The summed E-state index contributed by atoms with van der Waals surface area (Å²) in [6, 6.07) is 8.47. The molecule has 0 spiro atoms. The third-order valence-electron chi connectivity index (χ3n) is 4.40. The van der Waals surface area contributed by atoms with Crippen molar-refractivity contribution in [3.05, 3.63) is 34.9 Å². The molecule has 1 heterocycles. The Bertz CT molecular complexity index is 470. The summed E-state index contributed by atoms with van der Waals surface area (Å²) in [7, 11) is 2.03. The molecule has 112 valence electrons. The van der Waals surface area contributed by atoms with Crippen molar-refractivity contribution in [3.63, 3.8) is 0 Å². The first-order valence-electron chi connectivity index (χ1n) is 7.36. The van der Waals surface area contributed by atoms with Crippen LogP contribution in [0.1, 0.15) is 39.7 Å². The minimum Gasteiger partial charge on any atom is -0.369 e. The average molecular weight is 296 g/mol. The van der Waals surface area contributed by atoms with Gasteiger partial charge in [0.2, 0.25) is 0 Å². The van der Waals surface area contributed by atoms with E-state index >= 15 is 0 Å². The fourth-order valence-electron chi connectivity index (χ4n) is 3.58. The van der Waals surface area contributed by atoms with E-state index in [4.69, 9.17) is 16.3 Å². The highest BCUT2D eigenvalue weighted by atomic mass is 35.5. The van der Waals surface area contributed by atoms with Gasteiger partial charge in [0.25, 0.3) is 0 Å². The lowest BCUT2D eigenvalue weighted by atomic mass is 9.79. The third kappa shape index (κ3) is 3.36. The largest absolute Gasteiger partial charge is 0.369 e. The third-order valence-corrected chi connectivity index (χ3v) is 4.77. The molecule has 1 N–H and O–H groups in total. The van der Waals surface area contributed by atoms with Gasteiger partial charge in [0.1, 0.15) is 0 Å². The van der Waals surface area contributed by atoms with Crippen molar-refractivity contribution in [1.82, 2.24) is 5.32 Å². The number of hydrogen-bond donors (Lipinski definition) is 1. The molecule has 3 heteroatoms. The van der Waals surface area contributed by atoms with Crippen molar-refractivity contribution < 1.29 is 4.74 Å². The molecule has 1 aromatic carbocycles. The molecule has 0 saturated carbocycles. The van der Waals surface area contributed by atoms with Gasteiger partial charge in [0.15, 0.2) is 0 Å². The van der Waals surface area contributed by atoms with E-state index in [0.29, 0.717) is 12.0 Å². The second-order valence-electron chi connectivity index (χ2n) is 6.97. The molecule has 0 aliphatic carbocycles. The zero-order valence-electron chi connectivity index (χ0n) is 13.2. The monoisotopic (exact) mass is 295 g/mol. The topological polar surface area (TPSA) is 21.3 Å². The summed E-state index contributed by atoms with van der Waals surface area (Å²) in [4.78, 5) is 0. The molecular weight excluding hydrogens is 270 g/mol. The summed E-state index contributed by atoms with van der Waals surface area (Å²) in [5.41, 5.74) is 1.04. The molecule has 1 saturated heterocycles. The molecule has 2 nitrogen and oxygen atoms in total. The summed E-state index contributed by atoms with van der Waals surface area (Å²) in [6.45, 7) is 8.75. The van der Waals surface area contributed by atoms with Gasteiger partial charge in [-0.25, -0.2) is 0 Å². The maximum absolute atomic E-state index is 6.30. The molecule has 1 aromatic rings. The standard InChI is InChI=1S/C17H26ClNO/c1-16(2)11-13(17(3,4)20-16)15(19-5)10-12-8-6-7-9-14(12)18/h6-9,13,15,19H,10-11H2,1-5H3. The SMILES string of the molecule is CNC(Cc1ccccc1Cl)C1CC(C)(C)OC1(C)C. The molecule has 0 bridgehead atoms. The maximum Gasteiger partial charge on any atom is 0.0677 e. The molecule has 20 heavy (non-hydrogen) atoms. The Kier molecular flexibility index (Phi) is 4.48. The van der Waals surface area contributed by atoms with E-state index in [1.807, 2.05) is 25.2 Å². The highest BCUT2D eigenvalue weighted by Gasteiger charge is 2.48. The van der Waals surface area contributed by atoms with Crippen LogP contribution in [0.2, 0.25) is 5.02 Å². The van der Waals surface area contributed by atoms with Gasteiger partial charge in [-0.2, -0.15) is 0 Å². The molecule has 0 radical (unpaired) electrons. The lowest BCUT2D eigenvalue weighted by molar-refractivity contribution is -0.0774. The maximum atomic E-state index is 6.30. The van der Waals surface area contributed by atoms with E-state index in [2.05, 4.69) is 39.1 Å². The number of hydrogen-bond acceptors (Lipinski definition) is 2. The van der Waals surface area contributed by atoms with Crippen LogP contribution >= 0.6 is 11.6 Å². The Morgan fingerprint density at radius 3 is 2.45 bits per heavy atom. The molecule has 0 amide bonds. The van der Waals surface area contributed by atoms with Gasteiger partial charge in [0, 0.05) is 17.0 Å². The number of ether oxygens (including phenoxy) is 1. The number of rotatable bonds is 4. The first-order valence-corrected chi connectivity index (χ1v) is 7.74. The summed E-state index contributed by atoms with van der Waals surface area (Å²) < 4.78 is 6.23. The van der Waals surface area contributed by atoms with Crippen molar-refractivity contribution >= 4 is 11.6 Å². The van der Waals surface area contributed by atoms with Gasteiger partial charge in [0.05, 0.1) is 11.2 Å². The molecule has 2 atom stereocenters. The molecule has 1 fully saturated rings. The second-order valence-corrected chi connectivity index (χ2v) is 7.37. The van der Waals surface area contributed by atoms with E-state index in [1.54, 1.807) is 0 Å².